The normalized spacial score (nSPS) is 10.3. The number of nitrogens with zero attached hydrogens (tertiary/aromatic N) is 2. The monoisotopic (exact) mass is 317 g/mol. The van der Waals surface area contributed by atoms with Crippen molar-refractivity contribution in [2.24, 2.45) is 0 Å². The van der Waals surface area contributed by atoms with Gasteiger partial charge in [-0.1, -0.05) is 30.3 Å². The summed E-state index contributed by atoms with van der Waals surface area (Å²) < 4.78 is 0. The summed E-state index contributed by atoms with van der Waals surface area (Å²) in [5.41, 5.74) is 4.03. The Balaban J connectivity index is 1.54. The highest BCUT2D eigenvalue weighted by Crippen LogP contribution is 2.16. The van der Waals surface area contributed by atoms with Crippen LogP contribution in [0.25, 0.3) is 11.3 Å². The molecule has 2 heterocycles. The van der Waals surface area contributed by atoms with Crippen LogP contribution < -0.4 is 5.32 Å². The van der Waals surface area contributed by atoms with Gasteiger partial charge in [0.15, 0.2) is 0 Å². The highest BCUT2D eigenvalue weighted by molar-refractivity contribution is 5.76. The van der Waals surface area contributed by atoms with Crippen molar-refractivity contribution in [1.29, 1.82) is 0 Å². The average Bonchev–Trinajstić information content (AvgIpc) is 2.66. The van der Waals surface area contributed by atoms with E-state index in [0.717, 1.165) is 23.2 Å². The molecule has 0 atom stereocenters. The topological polar surface area (TPSA) is 54.9 Å². The third-order valence-corrected chi connectivity index (χ3v) is 3.75. The van der Waals surface area contributed by atoms with Crippen LogP contribution in [0.2, 0.25) is 0 Å². The van der Waals surface area contributed by atoms with Crippen LogP contribution in [0.15, 0.2) is 73.2 Å². The summed E-state index contributed by atoms with van der Waals surface area (Å²) in [4.78, 5) is 20.5. The molecule has 3 aromatic rings. The van der Waals surface area contributed by atoms with Gasteiger partial charge >= 0.3 is 0 Å². The first-order chi connectivity index (χ1) is 11.8. The Bertz CT molecular complexity index is 788. The highest BCUT2D eigenvalue weighted by atomic mass is 16.1. The van der Waals surface area contributed by atoms with Gasteiger partial charge in [0.05, 0.1) is 5.69 Å². The number of hydrogen-bond donors (Lipinski definition) is 1. The van der Waals surface area contributed by atoms with Crippen molar-refractivity contribution in [2.75, 3.05) is 0 Å². The van der Waals surface area contributed by atoms with E-state index in [0.29, 0.717) is 13.0 Å². The SMILES string of the molecule is O=C(CCc1ccccc1)NCc1ccnc(-c2cccnc2)c1. The van der Waals surface area contributed by atoms with Gasteiger partial charge in [-0.25, -0.2) is 0 Å². The molecule has 4 nitrogen and oxygen atoms in total. The summed E-state index contributed by atoms with van der Waals surface area (Å²) in [6.45, 7) is 0.503. The van der Waals surface area contributed by atoms with Crippen LogP contribution in [-0.4, -0.2) is 15.9 Å². The lowest BCUT2D eigenvalue weighted by molar-refractivity contribution is -0.121. The minimum Gasteiger partial charge on any atom is -0.352 e. The average molecular weight is 317 g/mol. The Kier molecular flexibility index (Phi) is 5.30. The summed E-state index contributed by atoms with van der Waals surface area (Å²) in [7, 11) is 0. The Morgan fingerprint density at radius 3 is 2.62 bits per heavy atom. The van der Waals surface area contributed by atoms with Crippen molar-refractivity contribution in [3.05, 3.63) is 84.3 Å². The zero-order valence-electron chi connectivity index (χ0n) is 13.4. The second-order valence-corrected chi connectivity index (χ2v) is 5.55. The van der Waals surface area contributed by atoms with Gasteiger partial charge in [0.25, 0.3) is 0 Å². The van der Waals surface area contributed by atoms with Gasteiger partial charge in [0.1, 0.15) is 0 Å². The van der Waals surface area contributed by atoms with Gasteiger partial charge in [0.2, 0.25) is 5.91 Å². The zero-order valence-corrected chi connectivity index (χ0v) is 13.4. The maximum absolute atomic E-state index is 12.0. The van der Waals surface area contributed by atoms with Crippen molar-refractivity contribution in [3.8, 4) is 11.3 Å². The number of carbonyl (C=O) groups excluding carboxylic acids is 1. The van der Waals surface area contributed by atoms with Gasteiger partial charge in [-0.15, -0.1) is 0 Å². The molecule has 0 saturated carbocycles. The molecule has 0 bridgehead atoms. The fourth-order valence-corrected chi connectivity index (χ4v) is 2.45. The number of rotatable bonds is 6. The molecule has 0 aliphatic heterocycles. The molecular formula is C20H19N3O. The van der Waals surface area contributed by atoms with E-state index >= 15 is 0 Å². The summed E-state index contributed by atoms with van der Waals surface area (Å²) in [6, 6.07) is 17.8. The predicted molar refractivity (Wildman–Crippen MR) is 94.1 cm³/mol. The van der Waals surface area contributed by atoms with E-state index in [9.17, 15) is 4.79 Å². The lowest BCUT2D eigenvalue weighted by Gasteiger charge is -2.07. The van der Waals surface area contributed by atoms with Crippen LogP contribution in [0.3, 0.4) is 0 Å². The fraction of sp³-hybridized carbons (Fsp3) is 0.150. The Morgan fingerprint density at radius 1 is 0.958 bits per heavy atom. The van der Waals surface area contributed by atoms with Crippen LogP contribution in [0, 0.1) is 0 Å². The first kappa shape index (κ1) is 15.9. The van der Waals surface area contributed by atoms with Crippen molar-refractivity contribution in [1.82, 2.24) is 15.3 Å². The second kappa shape index (κ2) is 8.02. The quantitative estimate of drug-likeness (QED) is 0.758. The zero-order chi connectivity index (χ0) is 16.6. The highest BCUT2D eigenvalue weighted by Gasteiger charge is 2.04. The van der Waals surface area contributed by atoms with Gasteiger partial charge in [-0.05, 0) is 41.8 Å². The molecule has 0 spiro atoms. The molecule has 0 aliphatic rings. The van der Waals surface area contributed by atoms with Gasteiger partial charge in [-0.3, -0.25) is 14.8 Å². The Morgan fingerprint density at radius 2 is 1.83 bits per heavy atom. The van der Waals surface area contributed by atoms with Crippen LogP contribution in [0.1, 0.15) is 17.5 Å². The van der Waals surface area contributed by atoms with Gasteiger partial charge < -0.3 is 5.32 Å². The molecule has 1 amide bonds. The first-order valence-corrected chi connectivity index (χ1v) is 7.97. The molecular weight excluding hydrogens is 298 g/mol. The molecule has 1 N–H and O–H groups in total. The number of amides is 1. The Hall–Kier alpha value is -3.01. The lowest BCUT2D eigenvalue weighted by atomic mass is 10.1. The number of pyridine rings is 2. The molecule has 0 unspecified atom stereocenters. The number of nitrogens with one attached hydrogen (secondary N) is 1. The first-order valence-electron chi connectivity index (χ1n) is 7.97. The van der Waals surface area contributed by atoms with E-state index in [1.807, 2.05) is 54.6 Å². The number of aryl methyl sites for hydroxylation is 1. The molecule has 0 fully saturated rings. The lowest BCUT2D eigenvalue weighted by Crippen LogP contribution is -2.23. The third kappa shape index (κ3) is 4.49. The number of hydrogen-bond acceptors (Lipinski definition) is 3. The molecule has 1 aromatic carbocycles. The van der Waals surface area contributed by atoms with Crippen LogP contribution in [-0.2, 0) is 17.8 Å². The van der Waals surface area contributed by atoms with E-state index in [1.165, 1.54) is 5.56 Å². The minimum atomic E-state index is 0.0543. The molecule has 2 aromatic heterocycles. The second-order valence-electron chi connectivity index (χ2n) is 5.55. The van der Waals surface area contributed by atoms with E-state index in [2.05, 4.69) is 15.3 Å². The molecule has 3 rings (SSSR count). The smallest absolute Gasteiger partial charge is 0.220 e. The largest absolute Gasteiger partial charge is 0.352 e. The van der Waals surface area contributed by atoms with Crippen molar-refractivity contribution < 1.29 is 4.79 Å². The fourth-order valence-electron chi connectivity index (χ4n) is 2.45. The number of aromatic nitrogens is 2. The molecule has 0 saturated heterocycles. The molecule has 0 aliphatic carbocycles. The summed E-state index contributed by atoms with van der Waals surface area (Å²) in [6.07, 6.45) is 6.52. The molecule has 120 valence electrons. The third-order valence-electron chi connectivity index (χ3n) is 3.75. The van der Waals surface area contributed by atoms with Crippen LogP contribution in [0.4, 0.5) is 0 Å². The Labute approximate surface area is 141 Å². The maximum Gasteiger partial charge on any atom is 0.220 e. The summed E-state index contributed by atoms with van der Waals surface area (Å²) in [5.74, 6) is 0.0543. The van der Waals surface area contributed by atoms with Crippen molar-refractivity contribution in [2.45, 2.75) is 19.4 Å². The van der Waals surface area contributed by atoms with Crippen molar-refractivity contribution >= 4 is 5.91 Å². The molecule has 4 heteroatoms. The standard InChI is InChI=1S/C20H19N3O/c24-20(9-8-16-5-2-1-3-6-16)23-14-17-10-12-22-19(13-17)18-7-4-11-21-15-18/h1-7,10-13,15H,8-9,14H2,(H,23,24). The molecule has 24 heavy (non-hydrogen) atoms. The van der Waals surface area contributed by atoms with Gasteiger partial charge in [-0.2, -0.15) is 0 Å². The van der Waals surface area contributed by atoms with E-state index in [1.54, 1.807) is 18.6 Å². The van der Waals surface area contributed by atoms with Crippen LogP contribution in [0.5, 0.6) is 0 Å². The van der Waals surface area contributed by atoms with E-state index < -0.39 is 0 Å². The predicted octanol–water partition coefficient (Wildman–Crippen LogP) is 3.39. The number of carbonyl (C=O) groups is 1. The van der Waals surface area contributed by atoms with Crippen LogP contribution >= 0.6 is 0 Å². The van der Waals surface area contributed by atoms with E-state index in [-0.39, 0.29) is 5.91 Å². The molecule has 0 radical (unpaired) electrons. The summed E-state index contributed by atoms with van der Waals surface area (Å²) >= 11 is 0. The van der Waals surface area contributed by atoms with Crippen molar-refractivity contribution in [3.63, 3.8) is 0 Å². The maximum atomic E-state index is 12.0. The minimum absolute atomic E-state index is 0.0543. The number of benzene rings is 1. The van der Waals surface area contributed by atoms with Gasteiger partial charge in [0, 0.05) is 37.1 Å². The van der Waals surface area contributed by atoms with E-state index in [4.69, 9.17) is 0 Å². The summed E-state index contributed by atoms with van der Waals surface area (Å²) in [5, 5.41) is 2.97.